The highest BCUT2D eigenvalue weighted by atomic mass is 35.5. The van der Waals surface area contributed by atoms with Crippen LogP contribution in [0.2, 0.25) is 5.02 Å². The van der Waals surface area contributed by atoms with Crippen LogP contribution in [0.1, 0.15) is 39.7 Å². The van der Waals surface area contributed by atoms with Gasteiger partial charge in [-0.1, -0.05) is 56.6 Å². The maximum Gasteiger partial charge on any atom is 0.226 e. The molecule has 0 bridgehead atoms. The molecule has 2 aromatic carbocycles. The average molecular weight is 373 g/mol. The van der Waals surface area contributed by atoms with Crippen molar-refractivity contribution in [1.82, 2.24) is 0 Å². The Balaban J connectivity index is 2.12. The fraction of sp³-hybridized carbons (Fsp3) is 0.333. The SMILES string of the molecule is CC(=O)N(CCC(=O)Nc1cccc(Cl)c1)c1ccccc1C(C)(C)C. The zero-order valence-corrected chi connectivity index (χ0v) is 16.4. The van der Waals surface area contributed by atoms with Crippen molar-refractivity contribution in [2.45, 2.75) is 39.5 Å². The molecule has 0 aromatic heterocycles. The maximum atomic E-state index is 12.3. The van der Waals surface area contributed by atoms with Gasteiger partial charge in [0.15, 0.2) is 0 Å². The lowest BCUT2D eigenvalue weighted by Crippen LogP contribution is -2.34. The van der Waals surface area contributed by atoms with Gasteiger partial charge in [-0.15, -0.1) is 0 Å². The molecule has 26 heavy (non-hydrogen) atoms. The maximum absolute atomic E-state index is 12.3. The first-order chi connectivity index (χ1) is 12.2. The lowest BCUT2D eigenvalue weighted by atomic mass is 9.85. The van der Waals surface area contributed by atoms with E-state index in [9.17, 15) is 9.59 Å². The van der Waals surface area contributed by atoms with Crippen molar-refractivity contribution in [2.24, 2.45) is 0 Å². The van der Waals surface area contributed by atoms with Gasteiger partial charge in [-0.3, -0.25) is 9.59 Å². The van der Waals surface area contributed by atoms with E-state index < -0.39 is 0 Å². The van der Waals surface area contributed by atoms with Crippen molar-refractivity contribution in [1.29, 1.82) is 0 Å². The number of rotatable bonds is 5. The van der Waals surface area contributed by atoms with Crippen LogP contribution in [0.25, 0.3) is 0 Å². The molecule has 2 rings (SSSR count). The molecule has 1 N–H and O–H groups in total. The van der Waals surface area contributed by atoms with Crippen LogP contribution in [0.3, 0.4) is 0 Å². The van der Waals surface area contributed by atoms with E-state index in [4.69, 9.17) is 11.6 Å². The predicted molar refractivity (Wildman–Crippen MR) is 108 cm³/mol. The number of nitrogens with zero attached hydrogens (tertiary/aromatic N) is 1. The molecule has 4 nitrogen and oxygen atoms in total. The molecule has 2 aromatic rings. The summed E-state index contributed by atoms with van der Waals surface area (Å²) in [7, 11) is 0. The van der Waals surface area contributed by atoms with Crippen LogP contribution in [0.4, 0.5) is 11.4 Å². The van der Waals surface area contributed by atoms with Gasteiger partial charge in [-0.05, 0) is 35.2 Å². The molecule has 0 saturated heterocycles. The lowest BCUT2D eigenvalue weighted by Gasteiger charge is -2.29. The first kappa shape index (κ1) is 20.0. The molecular weight excluding hydrogens is 348 g/mol. The number of carbonyl (C=O) groups excluding carboxylic acids is 2. The normalized spacial score (nSPS) is 11.1. The molecule has 0 saturated carbocycles. The monoisotopic (exact) mass is 372 g/mol. The number of para-hydroxylation sites is 1. The summed E-state index contributed by atoms with van der Waals surface area (Å²) in [6.45, 7) is 8.16. The molecular formula is C21H25ClN2O2. The van der Waals surface area contributed by atoms with Gasteiger partial charge in [0.05, 0.1) is 0 Å². The van der Waals surface area contributed by atoms with Crippen molar-refractivity contribution < 1.29 is 9.59 Å². The second kappa shape index (κ2) is 8.37. The molecule has 0 atom stereocenters. The number of benzene rings is 2. The fourth-order valence-electron chi connectivity index (χ4n) is 2.79. The molecule has 0 aliphatic rings. The number of halogens is 1. The Morgan fingerprint density at radius 3 is 2.38 bits per heavy atom. The molecule has 5 heteroatoms. The van der Waals surface area contributed by atoms with Gasteiger partial charge in [0.1, 0.15) is 0 Å². The number of nitrogens with one attached hydrogen (secondary N) is 1. The highest BCUT2D eigenvalue weighted by Crippen LogP contribution is 2.32. The van der Waals surface area contributed by atoms with E-state index in [1.807, 2.05) is 24.3 Å². The Hall–Kier alpha value is -2.33. The van der Waals surface area contributed by atoms with Crippen LogP contribution >= 0.6 is 11.6 Å². The highest BCUT2D eigenvalue weighted by Gasteiger charge is 2.23. The Morgan fingerprint density at radius 1 is 1.08 bits per heavy atom. The van der Waals surface area contributed by atoms with Gasteiger partial charge < -0.3 is 10.2 Å². The van der Waals surface area contributed by atoms with E-state index in [-0.39, 0.29) is 23.7 Å². The van der Waals surface area contributed by atoms with E-state index in [1.54, 1.807) is 29.2 Å². The van der Waals surface area contributed by atoms with E-state index in [2.05, 4.69) is 26.1 Å². The summed E-state index contributed by atoms with van der Waals surface area (Å²) >= 11 is 5.93. The van der Waals surface area contributed by atoms with Crippen LogP contribution in [-0.4, -0.2) is 18.4 Å². The van der Waals surface area contributed by atoms with Crippen LogP contribution < -0.4 is 10.2 Å². The van der Waals surface area contributed by atoms with E-state index in [0.717, 1.165) is 11.3 Å². The first-order valence-electron chi connectivity index (χ1n) is 8.61. The summed E-state index contributed by atoms with van der Waals surface area (Å²) in [5, 5.41) is 3.37. The van der Waals surface area contributed by atoms with Crippen molar-refractivity contribution in [3.8, 4) is 0 Å². The largest absolute Gasteiger partial charge is 0.326 e. The standard InChI is InChI=1S/C21H25ClN2O2/c1-15(25)24(19-11-6-5-10-18(19)21(2,3)4)13-12-20(26)23-17-9-7-8-16(22)14-17/h5-11,14H,12-13H2,1-4H3,(H,23,26). The van der Waals surface area contributed by atoms with E-state index in [1.165, 1.54) is 6.92 Å². The van der Waals surface area contributed by atoms with Gasteiger partial charge in [0, 0.05) is 36.3 Å². The topological polar surface area (TPSA) is 49.4 Å². The van der Waals surface area contributed by atoms with E-state index >= 15 is 0 Å². The second-order valence-corrected chi connectivity index (χ2v) is 7.68. The number of hydrogen-bond acceptors (Lipinski definition) is 2. The third-order valence-electron chi connectivity index (χ3n) is 4.05. The van der Waals surface area contributed by atoms with Crippen LogP contribution in [0, 0.1) is 0 Å². The van der Waals surface area contributed by atoms with E-state index in [0.29, 0.717) is 17.3 Å². The number of hydrogen-bond donors (Lipinski definition) is 1. The van der Waals surface area contributed by atoms with Gasteiger partial charge in [-0.25, -0.2) is 0 Å². The zero-order chi connectivity index (χ0) is 19.3. The molecule has 0 radical (unpaired) electrons. The predicted octanol–water partition coefficient (Wildman–Crippen LogP) is 5.02. The Bertz CT molecular complexity index is 797. The number of anilines is 2. The lowest BCUT2D eigenvalue weighted by molar-refractivity contribution is -0.117. The summed E-state index contributed by atoms with van der Waals surface area (Å²) in [4.78, 5) is 26.2. The summed E-state index contributed by atoms with van der Waals surface area (Å²) < 4.78 is 0. The minimum Gasteiger partial charge on any atom is -0.326 e. The fourth-order valence-corrected chi connectivity index (χ4v) is 2.98. The van der Waals surface area contributed by atoms with Crippen LogP contribution in [-0.2, 0) is 15.0 Å². The minimum absolute atomic E-state index is 0.0859. The second-order valence-electron chi connectivity index (χ2n) is 7.25. The van der Waals surface area contributed by atoms with Gasteiger partial charge in [-0.2, -0.15) is 0 Å². The molecule has 0 aliphatic heterocycles. The Kier molecular flexibility index (Phi) is 6.43. The zero-order valence-electron chi connectivity index (χ0n) is 15.7. The van der Waals surface area contributed by atoms with Gasteiger partial charge in [0.2, 0.25) is 11.8 Å². The summed E-state index contributed by atoms with van der Waals surface area (Å²) in [6, 6.07) is 14.8. The first-order valence-corrected chi connectivity index (χ1v) is 8.99. The molecule has 138 valence electrons. The minimum atomic E-state index is -0.160. The molecule has 0 heterocycles. The summed E-state index contributed by atoms with van der Waals surface area (Å²) in [6.07, 6.45) is 0.199. The van der Waals surface area contributed by atoms with Crippen LogP contribution in [0.15, 0.2) is 48.5 Å². The summed E-state index contributed by atoms with van der Waals surface area (Å²) in [5.74, 6) is -0.246. The highest BCUT2D eigenvalue weighted by molar-refractivity contribution is 6.30. The Labute approximate surface area is 160 Å². The molecule has 2 amide bonds. The van der Waals surface area contributed by atoms with Crippen molar-refractivity contribution in [3.05, 3.63) is 59.1 Å². The molecule has 0 unspecified atom stereocenters. The smallest absolute Gasteiger partial charge is 0.226 e. The van der Waals surface area contributed by atoms with Crippen LogP contribution in [0.5, 0.6) is 0 Å². The quantitative estimate of drug-likeness (QED) is 0.801. The number of carbonyl (C=O) groups is 2. The molecule has 0 fully saturated rings. The third kappa shape index (κ3) is 5.33. The van der Waals surface area contributed by atoms with Crippen molar-refractivity contribution in [2.75, 3.05) is 16.8 Å². The van der Waals surface area contributed by atoms with Gasteiger partial charge >= 0.3 is 0 Å². The number of amides is 2. The molecule has 0 aliphatic carbocycles. The van der Waals surface area contributed by atoms with Crippen molar-refractivity contribution >= 4 is 34.8 Å². The van der Waals surface area contributed by atoms with Crippen molar-refractivity contribution in [3.63, 3.8) is 0 Å². The molecule has 0 spiro atoms. The third-order valence-corrected chi connectivity index (χ3v) is 4.29. The average Bonchev–Trinajstić information content (AvgIpc) is 2.54. The summed E-state index contributed by atoms with van der Waals surface area (Å²) in [5.41, 5.74) is 2.47. The van der Waals surface area contributed by atoms with Gasteiger partial charge in [0.25, 0.3) is 0 Å². The Morgan fingerprint density at radius 2 is 1.77 bits per heavy atom.